The van der Waals surface area contributed by atoms with Crippen molar-refractivity contribution in [3.63, 3.8) is 0 Å². The van der Waals surface area contributed by atoms with Crippen LogP contribution in [0.25, 0.3) is 11.1 Å². The second kappa shape index (κ2) is 6.87. The van der Waals surface area contributed by atoms with Crippen LogP contribution in [0.15, 0.2) is 42.5 Å². The van der Waals surface area contributed by atoms with Crippen LogP contribution in [0.1, 0.15) is 15.9 Å². The normalized spacial score (nSPS) is 10.3. The lowest BCUT2D eigenvalue weighted by Gasteiger charge is -2.08. The summed E-state index contributed by atoms with van der Waals surface area (Å²) in [4.78, 5) is 11.0. The standard InChI is InChI=1S/C17H18O3/c1-13-3-4-15(11-16(13)12-18)14-5-7-17(8-6-14)20-10-9-19-2/h3-8,11-12H,9-10H2,1-2H3. The fourth-order valence-corrected chi connectivity index (χ4v) is 1.93. The molecule has 0 aromatic heterocycles. The van der Waals surface area contributed by atoms with Crippen molar-refractivity contribution >= 4 is 6.29 Å². The van der Waals surface area contributed by atoms with E-state index in [4.69, 9.17) is 9.47 Å². The summed E-state index contributed by atoms with van der Waals surface area (Å²) in [6.45, 7) is 3.04. The second-order valence-electron chi connectivity index (χ2n) is 4.55. The van der Waals surface area contributed by atoms with E-state index in [0.717, 1.165) is 34.3 Å². The van der Waals surface area contributed by atoms with Gasteiger partial charge in [-0.2, -0.15) is 0 Å². The first kappa shape index (κ1) is 14.3. The Bertz CT molecular complexity index is 573. The molecular formula is C17H18O3. The fourth-order valence-electron chi connectivity index (χ4n) is 1.93. The largest absolute Gasteiger partial charge is 0.491 e. The van der Waals surface area contributed by atoms with Gasteiger partial charge in [-0.05, 0) is 41.8 Å². The van der Waals surface area contributed by atoms with E-state index in [2.05, 4.69) is 0 Å². The topological polar surface area (TPSA) is 35.5 Å². The van der Waals surface area contributed by atoms with Gasteiger partial charge in [0.1, 0.15) is 18.6 Å². The highest BCUT2D eigenvalue weighted by Gasteiger charge is 2.02. The van der Waals surface area contributed by atoms with E-state index >= 15 is 0 Å². The van der Waals surface area contributed by atoms with Crippen LogP contribution in [-0.2, 0) is 4.74 Å². The van der Waals surface area contributed by atoms with E-state index in [1.807, 2.05) is 49.4 Å². The van der Waals surface area contributed by atoms with Gasteiger partial charge in [0.25, 0.3) is 0 Å². The molecule has 3 nitrogen and oxygen atoms in total. The van der Waals surface area contributed by atoms with Crippen molar-refractivity contribution in [1.82, 2.24) is 0 Å². The van der Waals surface area contributed by atoms with Gasteiger partial charge in [-0.3, -0.25) is 4.79 Å². The molecule has 2 rings (SSSR count). The number of rotatable bonds is 6. The van der Waals surface area contributed by atoms with E-state index in [1.165, 1.54) is 0 Å². The fraction of sp³-hybridized carbons (Fsp3) is 0.235. The van der Waals surface area contributed by atoms with Gasteiger partial charge in [-0.25, -0.2) is 0 Å². The number of hydrogen-bond acceptors (Lipinski definition) is 3. The van der Waals surface area contributed by atoms with Crippen molar-refractivity contribution in [2.75, 3.05) is 20.3 Å². The molecule has 104 valence electrons. The maximum atomic E-state index is 11.0. The molecule has 0 unspecified atom stereocenters. The molecule has 3 heteroatoms. The minimum atomic E-state index is 0.537. The third kappa shape index (κ3) is 3.45. The Labute approximate surface area is 119 Å². The average molecular weight is 270 g/mol. The minimum Gasteiger partial charge on any atom is -0.491 e. The molecule has 0 saturated carbocycles. The Kier molecular flexibility index (Phi) is 4.91. The summed E-state index contributed by atoms with van der Waals surface area (Å²) in [6.07, 6.45) is 0.890. The summed E-state index contributed by atoms with van der Waals surface area (Å²) >= 11 is 0. The number of ether oxygens (including phenoxy) is 2. The third-order valence-corrected chi connectivity index (χ3v) is 3.15. The lowest BCUT2D eigenvalue weighted by Crippen LogP contribution is -2.03. The summed E-state index contributed by atoms with van der Waals surface area (Å²) in [6, 6.07) is 13.7. The number of aldehydes is 1. The quantitative estimate of drug-likeness (QED) is 0.595. The van der Waals surface area contributed by atoms with Crippen molar-refractivity contribution in [3.8, 4) is 16.9 Å². The Morgan fingerprint density at radius 3 is 2.35 bits per heavy atom. The zero-order valence-corrected chi connectivity index (χ0v) is 11.8. The molecule has 20 heavy (non-hydrogen) atoms. The van der Waals surface area contributed by atoms with E-state index in [9.17, 15) is 4.79 Å². The maximum absolute atomic E-state index is 11.0. The molecule has 2 aromatic rings. The molecule has 0 bridgehead atoms. The highest BCUT2D eigenvalue weighted by Crippen LogP contribution is 2.24. The lowest BCUT2D eigenvalue weighted by atomic mass is 10.0. The average Bonchev–Trinajstić information content (AvgIpc) is 2.49. The zero-order valence-electron chi connectivity index (χ0n) is 11.8. The van der Waals surface area contributed by atoms with E-state index < -0.39 is 0 Å². The van der Waals surface area contributed by atoms with Crippen molar-refractivity contribution in [2.24, 2.45) is 0 Å². The van der Waals surface area contributed by atoms with Gasteiger partial charge in [0.15, 0.2) is 0 Å². The van der Waals surface area contributed by atoms with Gasteiger partial charge in [0.2, 0.25) is 0 Å². The van der Waals surface area contributed by atoms with Gasteiger partial charge in [-0.15, -0.1) is 0 Å². The first-order valence-electron chi connectivity index (χ1n) is 6.52. The minimum absolute atomic E-state index is 0.537. The molecule has 0 saturated heterocycles. The first-order valence-corrected chi connectivity index (χ1v) is 6.52. The molecule has 0 spiro atoms. The predicted molar refractivity (Wildman–Crippen MR) is 79.4 cm³/mol. The van der Waals surface area contributed by atoms with Crippen LogP contribution in [0.3, 0.4) is 0 Å². The molecular weight excluding hydrogens is 252 g/mol. The van der Waals surface area contributed by atoms with Gasteiger partial charge in [0, 0.05) is 12.7 Å². The third-order valence-electron chi connectivity index (χ3n) is 3.15. The van der Waals surface area contributed by atoms with E-state index in [-0.39, 0.29) is 0 Å². The number of benzene rings is 2. The van der Waals surface area contributed by atoms with Crippen molar-refractivity contribution in [1.29, 1.82) is 0 Å². The summed E-state index contributed by atoms with van der Waals surface area (Å²) in [5.74, 6) is 0.813. The number of methoxy groups -OCH3 is 1. The number of carbonyl (C=O) groups excluding carboxylic acids is 1. The molecule has 0 heterocycles. The Morgan fingerprint density at radius 1 is 1.00 bits per heavy atom. The number of carbonyl (C=O) groups is 1. The molecule has 0 aliphatic rings. The van der Waals surface area contributed by atoms with Crippen LogP contribution < -0.4 is 4.74 Å². The van der Waals surface area contributed by atoms with Crippen LogP contribution in [0.5, 0.6) is 5.75 Å². The van der Waals surface area contributed by atoms with E-state index in [1.54, 1.807) is 7.11 Å². The molecule has 2 aromatic carbocycles. The highest BCUT2D eigenvalue weighted by molar-refractivity contribution is 5.81. The van der Waals surface area contributed by atoms with Gasteiger partial charge < -0.3 is 9.47 Å². The zero-order chi connectivity index (χ0) is 14.4. The number of aryl methyl sites for hydroxylation is 1. The molecule has 0 fully saturated rings. The van der Waals surface area contributed by atoms with Crippen molar-refractivity contribution in [2.45, 2.75) is 6.92 Å². The van der Waals surface area contributed by atoms with Crippen molar-refractivity contribution in [3.05, 3.63) is 53.6 Å². The Balaban J connectivity index is 2.15. The van der Waals surface area contributed by atoms with Gasteiger partial charge in [0.05, 0.1) is 6.61 Å². The van der Waals surface area contributed by atoms with E-state index in [0.29, 0.717) is 13.2 Å². The van der Waals surface area contributed by atoms with Gasteiger partial charge in [-0.1, -0.05) is 24.3 Å². The van der Waals surface area contributed by atoms with Crippen LogP contribution >= 0.6 is 0 Å². The number of hydrogen-bond donors (Lipinski definition) is 0. The van der Waals surface area contributed by atoms with Crippen LogP contribution in [0, 0.1) is 6.92 Å². The van der Waals surface area contributed by atoms with Crippen LogP contribution in [0.4, 0.5) is 0 Å². The summed E-state index contributed by atoms with van der Waals surface area (Å²) in [7, 11) is 1.65. The second-order valence-corrected chi connectivity index (χ2v) is 4.55. The lowest BCUT2D eigenvalue weighted by molar-refractivity contribution is 0.112. The molecule has 0 aliphatic heterocycles. The SMILES string of the molecule is COCCOc1ccc(-c2ccc(C)c(C=O)c2)cc1. The van der Waals surface area contributed by atoms with Crippen molar-refractivity contribution < 1.29 is 14.3 Å². The molecule has 0 amide bonds. The first-order chi connectivity index (χ1) is 9.74. The Morgan fingerprint density at radius 2 is 1.70 bits per heavy atom. The predicted octanol–water partition coefficient (Wildman–Crippen LogP) is 3.50. The molecule has 0 radical (unpaired) electrons. The maximum Gasteiger partial charge on any atom is 0.150 e. The molecule has 0 atom stereocenters. The summed E-state index contributed by atoms with van der Waals surface area (Å²) in [5.41, 5.74) is 3.81. The molecule has 0 N–H and O–H groups in total. The monoisotopic (exact) mass is 270 g/mol. The summed E-state index contributed by atoms with van der Waals surface area (Å²) in [5, 5.41) is 0. The van der Waals surface area contributed by atoms with Crippen LogP contribution in [0.2, 0.25) is 0 Å². The summed E-state index contributed by atoms with van der Waals surface area (Å²) < 4.78 is 10.5. The van der Waals surface area contributed by atoms with Crippen LogP contribution in [-0.4, -0.2) is 26.6 Å². The Hall–Kier alpha value is -2.13. The highest BCUT2D eigenvalue weighted by atomic mass is 16.5. The van der Waals surface area contributed by atoms with Gasteiger partial charge >= 0.3 is 0 Å². The smallest absolute Gasteiger partial charge is 0.150 e. The molecule has 0 aliphatic carbocycles.